The summed E-state index contributed by atoms with van der Waals surface area (Å²) in [4.78, 5) is 10.9. The molecule has 0 aromatic heterocycles. The van der Waals surface area contributed by atoms with Crippen LogP contribution in [0.4, 0.5) is 0 Å². The lowest BCUT2D eigenvalue weighted by Gasteiger charge is -2.03. The fraction of sp³-hybridized carbons (Fsp3) is 0.625. The van der Waals surface area contributed by atoms with Crippen LogP contribution in [0.2, 0.25) is 0 Å². The Bertz CT molecular complexity index is 137. The summed E-state index contributed by atoms with van der Waals surface area (Å²) in [6.45, 7) is 5.09. The van der Waals surface area contributed by atoms with E-state index in [0.29, 0.717) is 26.1 Å². The average molecular weight is 172 g/mol. The van der Waals surface area contributed by atoms with Crippen molar-refractivity contribution >= 4 is 5.91 Å². The normalized spacial score (nSPS) is 9.42. The summed E-state index contributed by atoms with van der Waals surface area (Å²) in [5.41, 5.74) is 0. The molecule has 3 N–H and O–H groups in total. The number of carbonyl (C=O) groups is 1. The summed E-state index contributed by atoms with van der Waals surface area (Å²) in [6, 6.07) is 0. The molecular formula is C8H16N2O2. The van der Waals surface area contributed by atoms with E-state index in [9.17, 15) is 4.79 Å². The molecule has 12 heavy (non-hydrogen) atoms. The van der Waals surface area contributed by atoms with Crippen molar-refractivity contribution in [3.63, 3.8) is 0 Å². The Balaban J connectivity index is 3.15. The lowest BCUT2D eigenvalue weighted by molar-refractivity contribution is -0.120. The average Bonchev–Trinajstić information content (AvgIpc) is 2.06. The maximum absolute atomic E-state index is 10.9. The third-order valence-corrected chi connectivity index (χ3v) is 1.23. The van der Waals surface area contributed by atoms with Crippen LogP contribution < -0.4 is 10.6 Å². The zero-order valence-electron chi connectivity index (χ0n) is 7.18. The monoisotopic (exact) mass is 172 g/mol. The van der Waals surface area contributed by atoms with E-state index < -0.39 is 0 Å². The van der Waals surface area contributed by atoms with E-state index in [2.05, 4.69) is 17.2 Å². The van der Waals surface area contributed by atoms with E-state index in [4.69, 9.17) is 5.11 Å². The molecule has 0 spiro atoms. The molecule has 0 saturated carbocycles. The molecule has 0 rings (SSSR count). The predicted octanol–water partition coefficient (Wildman–Crippen LogP) is -0.739. The van der Waals surface area contributed by atoms with Crippen LogP contribution >= 0.6 is 0 Å². The highest BCUT2D eigenvalue weighted by molar-refractivity contribution is 5.77. The lowest BCUT2D eigenvalue weighted by Crippen LogP contribution is -2.34. The number of amides is 1. The van der Waals surface area contributed by atoms with Crippen molar-refractivity contribution in [2.24, 2.45) is 0 Å². The van der Waals surface area contributed by atoms with Crippen LogP contribution in [0.5, 0.6) is 0 Å². The third-order valence-electron chi connectivity index (χ3n) is 1.23. The largest absolute Gasteiger partial charge is 0.396 e. The molecule has 0 aromatic carbocycles. The van der Waals surface area contributed by atoms with Crippen LogP contribution in [0.1, 0.15) is 6.42 Å². The molecule has 4 heteroatoms. The fourth-order valence-corrected chi connectivity index (χ4v) is 0.657. The second-order valence-electron chi connectivity index (χ2n) is 2.35. The molecule has 0 bridgehead atoms. The highest BCUT2D eigenvalue weighted by Crippen LogP contribution is 1.72. The molecule has 0 aliphatic carbocycles. The number of aliphatic hydroxyl groups is 1. The molecule has 0 heterocycles. The first-order valence-electron chi connectivity index (χ1n) is 4.00. The first kappa shape index (κ1) is 11.1. The van der Waals surface area contributed by atoms with Crippen LogP contribution in [0.15, 0.2) is 12.7 Å². The van der Waals surface area contributed by atoms with Crippen molar-refractivity contribution in [1.82, 2.24) is 10.6 Å². The van der Waals surface area contributed by atoms with Crippen LogP contribution in [-0.2, 0) is 4.79 Å². The van der Waals surface area contributed by atoms with Gasteiger partial charge < -0.3 is 15.7 Å². The predicted molar refractivity (Wildman–Crippen MR) is 47.8 cm³/mol. The Morgan fingerprint density at radius 3 is 2.92 bits per heavy atom. The second kappa shape index (κ2) is 8.23. The third kappa shape index (κ3) is 7.24. The van der Waals surface area contributed by atoms with Crippen LogP contribution in [0.25, 0.3) is 0 Å². The first-order chi connectivity index (χ1) is 5.81. The molecule has 0 aliphatic heterocycles. The van der Waals surface area contributed by atoms with Crippen molar-refractivity contribution in [3.05, 3.63) is 12.7 Å². The Hall–Kier alpha value is -0.870. The van der Waals surface area contributed by atoms with Crippen molar-refractivity contribution in [2.45, 2.75) is 6.42 Å². The lowest BCUT2D eigenvalue weighted by atomic mass is 10.4. The molecule has 0 radical (unpaired) electrons. The van der Waals surface area contributed by atoms with E-state index in [0.717, 1.165) is 0 Å². The van der Waals surface area contributed by atoms with E-state index in [1.165, 1.54) is 0 Å². The van der Waals surface area contributed by atoms with Gasteiger partial charge in [-0.05, 0) is 6.42 Å². The van der Waals surface area contributed by atoms with Gasteiger partial charge in [-0.1, -0.05) is 6.08 Å². The number of hydrogen-bond donors (Lipinski definition) is 3. The maximum Gasteiger partial charge on any atom is 0.233 e. The summed E-state index contributed by atoms with van der Waals surface area (Å²) < 4.78 is 0. The van der Waals surface area contributed by atoms with Gasteiger partial charge in [-0.15, -0.1) is 6.58 Å². The summed E-state index contributed by atoms with van der Waals surface area (Å²) in [6.07, 6.45) is 2.30. The Morgan fingerprint density at radius 1 is 1.58 bits per heavy atom. The minimum Gasteiger partial charge on any atom is -0.396 e. The van der Waals surface area contributed by atoms with Gasteiger partial charge in [-0.3, -0.25) is 4.79 Å². The summed E-state index contributed by atoms with van der Waals surface area (Å²) in [5, 5.41) is 13.9. The molecule has 0 saturated heterocycles. The number of rotatable bonds is 7. The minimum atomic E-state index is -0.0506. The Labute approximate surface area is 72.7 Å². The summed E-state index contributed by atoms with van der Waals surface area (Å²) in [5.74, 6) is -0.0506. The number of nitrogens with one attached hydrogen (secondary N) is 2. The summed E-state index contributed by atoms with van der Waals surface area (Å²) in [7, 11) is 0. The molecule has 0 fully saturated rings. The van der Waals surface area contributed by atoms with Gasteiger partial charge in [0, 0.05) is 19.7 Å². The van der Waals surface area contributed by atoms with Gasteiger partial charge in [-0.2, -0.15) is 0 Å². The van der Waals surface area contributed by atoms with Gasteiger partial charge in [0.25, 0.3) is 0 Å². The highest BCUT2D eigenvalue weighted by atomic mass is 16.3. The summed E-state index contributed by atoms with van der Waals surface area (Å²) >= 11 is 0. The van der Waals surface area contributed by atoms with Gasteiger partial charge in [0.15, 0.2) is 0 Å². The Morgan fingerprint density at radius 2 is 2.33 bits per heavy atom. The van der Waals surface area contributed by atoms with Crippen molar-refractivity contribution in [3.8, 4) is 0 Å². The van der Waals surface area contributed by atoms with Gasteiger partial charge in [0.05, 0.1) is 6.54 Å². The van der Waals surface area contributed by atoms with Gasteiger partial charge >= 0.3 is 0 Å². The Kier molecular flexibility index (Phi) is 7.63. The van der Waals surface area contributed by atoms with E-state index in [1.807, 2.05) is 0 Å². The number of aliphatic hydroxyl groups excluding tert-OH is 1. The quantitative estimate of drug-likeness (QED) is 0.350. The van der Waals surface area contributed by atoms with Gasteiger partial charge in [0.2, 0.25) is 5.91 Å². The van der Waals surface area contributed by atoms with E-state index in [1.54, 1.807) is 6.08 Å². The SMILES string of the molecule is C=CCNCC(=O)NCCCO. The van der Waals surface area contributed by atoms with Crippen molar-refractivity contribution < 1.29 is 9.90 Å². The number of hydrogen-bond acceptors (Lipinski definition) is 3. The molecule has 0 aliphatic rings. The molecule has 1 amide bonds. The van der Waals surface area contributed by atoms with Crippen molar-refractivity contribution in [1.29, 1.82) is 0 Å². The smallest absolute Gasteiger partial charge is 0.233 e. The zero-order valence-corrected chi connectivity index (χ0v) is 7.18. The molecule has 4 nitrogen and oxygen atoms in total. The van der Waals surface area contributed by atoms with Crippen molar-refractivity contribution in [2.75, 3.05) is 26.2 Å². The molecule has 0 aromatic rings. The van der Waals surface area contributed by atoms with Crippen LogP contribution in [-0.4, -0.2) is 37.3 Å². The van der Waals surface area contributed by atoms with Gasteiger partial charge in [0.1, 0.15) is 0 Å². The first-order valence-corrected chi connectivity index (χ1v) is 4.00. The highest BCUT2D eigenvalue weighted by Gasteiger charge is 1.96. The zero-order chi connectivity index (χ0) is 9.23. The maximum atomic E-state index is 10.9. The minimum absolute atomic E-state index is 0.0506. The number of carbonyl (C=O) groups excluding carboxylic acids is 1. The molecule has 0 atom stereocenters. The van der Waals surface area contributed by atoms with Crippen LogP contribution in [0.3, 0.4) is 0 Å². The van der Waals surface area contributed by atoms with E-state index >= 15 is 0 Å². The van der Waals surface area contributed by atoms with E-state index in [-0.39, 0.29) is 12.5 Å². The molecule has 70 valence electrons. The van der Waals surface area contributed by atoms with Crippen LogP contribution in [0, 0.1) is 0 Å². The molecule has 0 unspecified atom stereocenters. The fourth-order valence-electron chi connectivity index (χ4n) is 0.657. The standard InChI is InChI=1S/C8H16N2O2/c1-2-4-9-7-8(12)10-5-3-6-11/h2,9,11H,1,3-7H2,(H,10,12). The topological polar surface area (TPSA) is 61.4 Å². The second-order valence-corrected chi connectivity index (χ2v) is 2.35. The molecular weight excluding hydrogens is 156 g/mol. The van der Waals surface area contributed by atoms with Gasteiger partial charge in [-0.25, -0.2) is 0 Å².